The van der Waals surface area contributed by atoms with Gasteiger partial charge in [0.2, 0.25) is 0 Å². The highest BCUT2D eigenvalue weighted by atomic mass is 32.1. The van der Waals surface area contributed by atoms with Crippen molar-refractivity contribution in [1.29, 1.82) is 0 Å². The molecule has 136 valence electrons. The molecule has 1 aromatic carbocycles. The first-order valence-electron chi connectivity index (χ1n) is 8.94. The minimum atomic E-state index is -0.252. The Balaban J connectivity index is 1.72. The zero-order valence-corrected chi connectivity index (χ0v) is 16.1. The molecule has 0 radical (unpaired) electrons. The van der Waals surface area contributed by atoms with E-state index < -0.39 is 0 Å². The van der Waals surface area contributed by atoms with Crippen LogP contribution in [0.4, 0.5) is 10.1 Å². The molecule has 2 heterocycles. The van der Waals surface area contributed by atoms with Crippen molar-refractivity contribution in [2.24, 2.45) is 0 Å². The average molecular weight is 371 g/mol. The zero-order chi connectivity index (χ0) is 18.5. The van der Waals surface area contributed by atoms with Gasteiger partial charge in [0.25, 0.3) is 5.56 Å². The molecular weight excluding hydrogens is 349 g/mol. The lowest BCUT2D eigenvalue weighted by atomic mass is 9.91. The van der Waals surface area contributed by atoms with Crippen LogP contribution < -0.4 is 10.5 Å². The van der Waals surface area contributed by atoms with E-state index >= 15 is 0 Å². The normalized spacial score (nSPS) is 15.4. The number of nitrogens with zero attached hydrogens (tertiary/aromatic N) is 3. The first-order valence-corrected chi connectivity index (χ1v) is 9.76. The summed E-state index contributed by atoms with van der Waals surface area (Å²) < 4.78 is 15.0. The van der Waals surface area contributed by atoms with Crippen molar-refractivity contribution in [2.45, 2.75) is 45.6 Å². The first kappa shape index (κ1) is 17.2. The molecule has 0 amide bonds. The smallest absolute Gasteiger partial charge is 0.259 e. The fourth-order valence-corrected chi connectivity index (χ4v) is 5.10. The Kier molecular flexibility index (Phi) is 4.10. The molecule has 0 saturated heterocycles. The van der Waals surface area contributed by atoms with Gasteiger partial charge in [0.15, 0.2) is 4.96 Å². The Bertz CT molecular complexity index is 1020. The number of thiazole rings is 1. The summed E-state index contributed by atoms with van der Waals surface area (Å²) >= 11 is 1.63. The van der Waals surface area contributed by atoms with E-state index in [4.69, 9.17) is 4.98 Å². The molecular formula is C20H22FN3OS. The minimum Gasteiger partial charge on any atom is -0.366 e. The molecule has 0 saturated carbocycles. The lowest BCUT2D eigenvalue weighted by Crippen LogP contribution is -2.26. The van der Waals surface area contributed by atoms with Crippen molar-refractivity contribution >= 4 is 22.0 Å². The highest BCUT2D eigenvalue weighted by Gasteiger charge is 2.35. The van der Waals surface area contributed by atoms with Crippen LogP contribution in [0.25, 0.3) is 4.96 Å². The number of halogens is 1. The summed E-state index contributed by atoms with van der Waals surface area (Å²) in [5, 5.41) is 0. The lowest BCUT2D eigenvalue weighted by molar-refractivity contribution is 0.502. The van der Waals surface area contributed by atoms with Crippen molar-refractivity contribution in [3.05, 3.63) is 62.8 Å². The summed E-state index contributed by atoms with van der Waals surface area (Å²) in [7, 11) is 0. The fourth-order valence-electron chi connectivity index (χ4n) is 3.77. The van der Waals surface area contributed by atoms with Crippen LogP contribution in [0.3, 0.4) is 0 Å². The molecule has 0 unspecified atom stereocenters. The number of anilines is 1. The van der Waals surface area contributed by atoms with E-state index in [-0.39, 0.29) is 16.8 Å². The van der Waals surface area contributed by atoms with Gasteiger partial charge in [-0.2, -0.15) is 0 Å². The molecule has 0 bridgehead atoms. The van der Waals surface area contributed by atoms with Crippen LogP contribution in [-0.4, -0.2) is 15.9 Å². The molecule has 2 aromatic heterocycles. The Morgan fingerprint density at radius 1 is 1.31 bits per heavy atom. The largest absolute Gasteiger partial charge is 0.366 e. The number of fused-ring (bicyclic) bond motifs is 3. The number of hydrogen-bond donors (Lipinski definition) is 0. The SMILES string of the molecule is CCN(Cc1cc(=O)n2c3c(sc2n1)CCC3(C)C)c1ccc(F)cc1. The van der Waals surface area contributed by atoms with Crippen molar-refractivity contribution in [1.82, 2.24) is 9.38 Å². The topological polar surface area (TPSA) is 37.6 Å². The van der Waals surface area contributed by atoms with Crippen LogP contribution in [0, 0.1) is 5.82 Å². The zero-order valence-electron chi connectivity index (χ0n) is 15.3. The van der Waals surface area contributed by atoms with Gasteiger partial charge in [-0.05, 0) is 44.0 Å². The van der Waals surface area contributed by atoms with Crippen LogP contribution in [-0.2, 0) is 18.4 Å². The Hall–Kier alpha value is -2.21. The lowest BCUT2D eigenvalue weighted by Gasteiger charge is -2.23. The number of aryl methyl sites for hydroxylation is 1. The van der Waals surface area contributed by atoms with Crippen LogP contribution in [0.15, 0.2) is 35.1 Å². The van der Waals surface area contributed by atoms with Gasteiger partial charge in [-0.3, -0.25) is 9.20 Å². The standard InChI is InChI=1S/C20H22FN3OS/c1-4-23(15-7-5-13(21)6-8-15)12-14-11-17(25)24-18-16(26-19(24)22-14)9-10-20(18,2)3/h5-8,11H,4,9-10,12H2,1-3H3. The highest BCUT2D eigenvalue weighted by Crippen LogP contribution is 2.41. The minimum absolute atomic E-state index is 0.00682. The van der Waals surface area contributed by atoms with E-state index in [2.05, 4.69) is 18.7 Å². The van der Waals surface area contributed by atoms with Crippen molar-refractivity contribution in [2.75, 3.05) is 11.4 Å². The van der Waals surface area contributed by atoms with E-state index in [9.17, 15) is 9.18 Å². The molecule has 1 aliphatic rings. The molecule has 0 N–H and O–H groups in total. The maximum atomic E-state index is 13.2. The maximum absolute atomic E-state index is 13.2. The predicted molar refractivity (Wildman–Crippen MR) is 104 cm³/mol. The molecule has 4 rings (SSSR count). The highest BCUT2D eigenvalue weighted by molar-refractivity contribution is 7.17. The van der Waals surface area contributed by atoms with E-state index in [1.54, 1.807) is 33.9 Å². The summed E-state index contributed by atoms with van der Waals surface area (Å²) in [5.41, 5.74) is 2.81. The third-order valence-electron chi connectivity index (χ3n) is 5.19. The van der Waals surface area contributed by atoms with Crippen LogP contribution in [0.2, 0.25) is 0 Å². The summed E-state index contributed by atoms with van der Waals surface area (Å²) in [4.78, 5) is 21.7. The van der Waals surface area contributed by atoms with Gasteiger partial charge in [-0.25, -0.2) is 9.37 Å². The number of benzene rings is 1. The molecule has 4 nitrogen and oxygen atoms in total. The molecule has 0 spiro atoms. The van der Waals surface area contributed by atoms with E-state index in [0.717, 1.165) is 41.4 Å². The Morgan fingerprint density at radius 2 is 2.04 bits per heavy atom. The molecule has 0 fully saturated rings. The second-order valence-electron chi connectivity index (χ2n) is 7.45. The first-order chi connectivity index (χ1) is 12.4. The van der Waals surface area contributed by atoms with Gasteiger partial charge in [-0.15, -0.1) is 11.3 Å². The molecule has 26 heavy (non-hydrogen) atoms. The molecule has 0 aliphatic heterocycles. The Morgan fingerprint density at radius 3 is 2.73 bits per heavy atom. The van der Waals surface area contributed by atoms with Crippen LogP contribution in [0.5, 0.6) is 0 Å². The second-order valence-corrected chi connectivity index (χ2v) is 8.51. The Labute approximate surface area is 155 Å². The fraction of sp³-hybridized carbons (Fsp3) is 0.400. The van der Waals surface area contributed by atoms with Crippen molar-refractivity contribution in [3.63, 3.8) is 0 Å². The summed E-state index contributed by atoms with van der Waals surface area (Å²) in [5.74, 6) is -0.252. The van der Waals surface area contributed by atoms with E-state index in [1.807, 2.05) is 6.92 Å². The summed E-state index contributed by atoms with van der Waals surface area (Å²) in [6.45, 7) is 7.70. The monoisotopic (exact) mass is 371 g/mol. The third-order valence-corrected chi connectivity index (χ3v) is 6.29. The van der Waals surface area contributed by atoms with E-state index in [1.165, 1.54) is 17.0 Å². The van der Waals surface area contributed by atoms with Crippen LogP contribution >= 0.6 is 11.3 Å². The van der Waals surface area contributed by atoms with Gasteiger partial charge in [-0.1, -0.05) is 13.8 Å². The summed E-state index contributed by atoms with van der Waals surface area (Å²) in [6, 6.07) is 8.06. The second kappa shape index (κ2) is 6.20. The van der Waals surface area contributed by atoms with Gasteiger partial charge < -0.3 is 4.90 Å². The molecule has 1 aliphatic carbocycles. The number of aromatic nitrogens is 2. The quantitative estimate of drug-likeness (QED) is 0.692. The average Bonchev–Trinajstić information content (AvgIpc) is 3.11. The number of rotatable bonds is 4. The van der Waals surface area contributed by atoms with Crippen molar-refractivity contribution < 1.29 is 4.39 Å². The van der Waals surface area contributed by atoms with Gasteiger partial charge in [0.05, 0.1) is 12.2 Å². The number of hydrogen-bond acceptors (Lipinski definition) is 4. The third kappa shape index (κ3) is 2.82. The molecule has 3 aromatic rings. The molecule has 6 heteroatoms. The van der Waals surface area contributed by atoms with Gasteiger partial charge in [0.1, 0.15) is 5.82 Å². The maximum Gasteiger partial charge on any atom is 0.259 e. The van der Waals surface area contributed by atoms with Gasteiger partial charge in [0, 0.05) is 34.3 Å². The molecule has 0 atom stereocenters. The van der Waals surface area contributed by atoms with Gasteiger partial charge >= 0.3 is 0 Å². The summed E-state index contributed by atoms with van der Waals surface area (Å²) in [6.07, 6.45) is 2.09. The van der Waals surface area contributed by atoms with Crippen LogP contribution in [0.1, 0.15) is 43.5 Å². The predicted octanol–water partition coefficient (Wildman–Crippen LogP) is 4.15. The van der Waals surface area contributed by atoms with E-state index in [0.29, 0.717) is 6.54 Å². The van der Waals surface area contributed by atoms with Crippen molar-refractivity contribution in [3.8, 4) is 0 Å².